The molecular weight excluding hydrogens is 338 g/mol. The van der Waals surface area contributed by atoms with Crippen molar-refractivity contribution in [2.45, 2.75) is 96.8 Å². The Hall–Kier alpha value is -1.30. The monoisotopic (exact) mass is 383 g/mol. The molecule has 6 nitrogen and oxygen atoms in total. The predicted molar refractivity (Wildman–Crippen MR) is 117 cm³/mol. The van der Waals surface area contributed by atoms with E-state index in [2.05, 4.69) is 17.6 Å². The van der Waals surface area contributed by atoms with Gasteiger partial charge in [-0.2, -0.15) is 0 Å². The van der Waals surface area contributed by atoms with Gasteiger partial charge in [0.15, 0.2) is 11.9 Å². The van der Waals surface area contributed by atoms with Crippen molar-refractivity contribution in [3.05, 3.63) is 0 Å². The summed E-state index contributed by atoms with van der Waals surface area (Å²) in [4.78, 5) is 1.60. The second-order valence-corrected chi connectivity index (χ2v) is 7.57. The fourth-order valence-corrected chi connectivity index (χ4v) is 2.87. The largest absolute Gasteiger partial charge is 0.361 e. The Labute approximate surface area is 167 Å². The van der Waals surface area contributed by atoms with Crippen LogP contribution in [0.15, 0.2) is 0 Å². The fraction of sp³-hybridized carbons (Fsp3) is 0.905. The van der Waals surface area contributed by atoms with Crippen LogP contribution in [-0.4, -0.2) is 44.3 Å². The van der Waals surface area contributed by atoms with Gasteiger partial charge in [0, 0.05) is 20.7 Å². The lowest BCUT2D eigenvalue weighted by atomic mass is 10.0. The van der Waals surface area contributed by atoms with Gasteiger partial charge in [0.25, 0.3) is 0 Å². The first-order valence-electron chi connectivity index (χ1n) is 11.0. The second-order valence-electron chi connectivity index (χ2n) is 7.57. The van der Waals surface area contributed by atoms with E-state index in [1.54, 1.807) is 19.0 Å². The first-order valence-corrected chi connectivity index (χ1v) is 11.0. The average Bonchev–Trinajstić information content (AvgIpc) is 2.64. The van der Waals surface area contributed by atoms with Crippen LogP contribution in [0, 0.1) is 10.8 Å². The van der Waals surface area contributed by atoms with E-state index in [-0.39, 0.29) is 11.9 Å². The molecule has 0 aliphatic heterocycles. The van der Waals surface area contributed by atoms with E-state index in [1.165, 1.54) is 83.5 Å². The smallest absolute Gasteiger partial charge is 0.197 e. The highest BCUT2D eigenvalue weighted by Crippen LogP contribution is 2.12. The first-order chi connectivity index (χ1) is 13.1. The highest BCUT2D eigenvalue weighted by Gasteiger charge is 2.01. The molecule has 0 aromatic rings. The fourth-order valence-electron chi connectivity index (χ4n) is 2.87. The molecule has 0 amide bonds. The molecule has 0 saturated carbocycles. The third-order valence-corrected chi connectivity index (χ3v) is 4.68. The SMILES string of the molecule is CCCCCCCCCCCCCCCCOCNC(=N)NC(=N)N(C)C. The van der Waals surface area contributed by atoms with Gasteiger partial charge in [-0.1, -0.05) is 90.4 Å². The van der Waals surface area contributed by atoms with Gasteiger partial charge < -0.3 is 15.0 Å². The molecule has 0 aliphatic rings. The highest BCUT2D eigenvalue weighted by atomic mass is 16.5. The van der Waals surface area contributed by atoms with Gasteiger partial charge in [-0.05, 0) is 6.42 Å². The van der Waals surface area contributed by atoms with Crippen LogP contribution in [-0.2, 0) is 4.74 Å². The molecule has 0 aromatic heterocycles. The minimum absolute atomic E-state index is 0.0923. The zero-order valence-corrected chi connectivity index (χ0v) is 18.2. The molecule has 0 rings (SSSR count). The van der Waals surface area contributed by atoms with Crippen LogP contribution in [0.4, 0.5) is 0 Å². The number of hydrogen-bond acceptors (Lipinski definition) is 3. The number of unbranched alkanes of at least 4 members (excludes halogenated alkanes) is 13. The zero-order chi connectivity index (χ0) is 20.2. The molecule has 0 heterocycles. The van der Waals surface area contributed by atoms with Crippen molar-refractivity contribution >= 4 is 11.9 Å². The Morgan fingerprint density at radius 2 is 1.19 bits per heavy atom. The summed E-state index contributed by atoms with van der Waals surface area (Å²) in [5.74, 6) is 0.272. The predicted octanol–water partition coefficient (Wildman–Crippen LogP) is 5.05. The van der Waals surface area contributed by atoms with Crippen LogP contribution in [0.1, 0.15) is 96.8 Å². The molecular formula is C21H45N5O. The summed E-state index contributed by atoms with van der Waals surface area (Å²) >= 11 is 0. The number of rotatable bonds is 17. The summed E-state index contributed by atoms with van der Waals surface area (Å²) in [5, 5.41) is 20.6. The van der Waals surface area contributed by atoms with Gasteiger partial charge in [0.05, 0.1) is 0 Å². The van der Waals surface area contributed by atoms with E-state index in [9.17, 15) is 0 Å². The number of guanidine groups is 2. The van der Waals surface area contributed by atoms with E-state index in [1.807, 2.05) is 0 Å². The molecule has 160 valence electrons. The summed E-state index contributed by atoms with van der Waals surface area (Å²) < 4.78 is 5.48. The minimum Gasteiger partial charge on any atom is -0.361 e. The molecule has 0 bridgehead atoms. The Kier molecular flexibility index (Phi) is 18.5. The number of nitrogens with one attached hydrogen (secondary N) is 4. The van der Waals surface area contributed by atoms with Gasteiger partial charge in [0.1, 0.15) is 6.73 Å². The molecule has 0 atom stereocenters. The molecule has 4 N–H and O–H groups in total. The van der Waals surface area contributed by atoms with Gasteiger partial charge in [-0.3, -0.25) is 16.1 Å². The lowest BCUT2D eigenvalue weighted by molar-refractivity contribution is 0.124. The summed E-state index contributed by atoms with van der Waals surface area (Å²) in [6, 6.07) is 0. The lowest BCUT2D eigenvalue weighted by Crippen LogP contribution is -2.45. The van der Waals surface area contributed by atoms with Gasteiger partial charge in [-0.15, -0.1) is 0 Å². The van der Waals surface area contributed by atoms with Crippen molar-refractivity contribution in [3.63, 3.8) is 0 Å². The van der Waals surface area contributed by atoms with E-state index in [0.29, 0.717) is 6.73 Å². The molecule has 0 aliphatic carbocycles. The molecule has 0 aromatic carbocycles. The van der Waals surface area contributed by atoms with Crippen LogP contribution in [0.5, 0.6) is 0 Å². The molecule has 27 heavy (non-hydrogen) atoms. The maximum absolute atomic E-state index is 7.63. The summed E-state index contributed by atoms with van der Waals surface area (Å²) in [6.45, 7) is 3.31. The van der Waals surface area contributed by atoms with Crippen molar-refractivity contribution in [1.82, 2.24) is 15.5 Å². The van der Waals surface area contributed by atoms with Crippen molar-refractivity contribution < 1.29 is 4.74 Å². The van der Waals surface area contributed by atoms with E-state index >= 15 is 0 Å². The molecule has 0 saturated heterocycles. The maximum atomic E-state index is 7.63. The van der Waals surface area contributed by atoms with E-state index in [0.717, 1.165) is 13.0 Å². The normalized spacial score (nSPS) is 10.6. The highest BCUT2D eigenvalue weighted by molar-refractivity contribution is 5.95. The minimum atomic E-state index is 0.0923. The number of hydrogen-bond donors (Lipinski definition) is 4. The zero-order valence-electron chi connectivity index (χ0n) is 18.2. The standard InChI is InChI=1S/C21H45N5O/c1-4-5-6-7-8-9-10-11-12-13-14-15-16-17-18-27-19-24-20(22)25-21(23)26(2)3/h4-19H2,1-3H3,(H4,22,23,24,25). The van der Waals surface area contributed by atoms with Crippen molar-refractivity contribution in [2.24, 2.45) is 0 Å². The van der Waals surface area contributed by atoms with Crippen molar-refractivity contribution in [3.8, 4) is 0 Å². The number of nitrogens with zero attached hydrogens (tertiary/aromatic N) is 1. The van der Waals surface area contributed by atoms with Crippen LogP contribution in [0.2, 0.25) is 0 Å². The van der Waals surface area contributed by atoms with Gasteiger partial charge >= 0.3 is 0 Å². The van der Waals surface area contributed by atoms with E-state index in [4.69, 9.17) is 15.6 Å². The lowest BCUT2D eigenvalue weighted by Gasteiger charge is -2.16. The molecule has 0 unspecified atom stereocenters. The Morgan fingerprint density at radius 3 is 1.63 bits per heavy atom. The molecule has 6 heteroatoms. The Bertz CT molecular complexity index is 360. The molecule has 0 fully saturated rings. The molecule has 0 radical (unpaired) electrons. The van der Waals surface area contributed by atoms with Crippen LogP contribution >= 0.6 is 0 Å². The maximum Gasteiger partial charge on any atom is 0.197 e. The third kappa shape index (κ3) is 19.3. The van der Waals surface area contributed by atoms with Crippen LogP contribution < -0.4 is 10.6 Å². The van der Waals surface area contributed by atoms with Gasteiger partial charge in [-0.25, -0.2) is 0 Å². The molecule has 0 spiro atoms. The van der Waals surface area contributed by atoms with Gasteiger partial charge in [0.2, 0.25) is 0 Å². The van der Waals surface area contributed by atoms with Crippen LogP contribution in [0.3, 0.4) is 0 Å². The third-order valence-electron chi connectivity index (χ3n) is 4.68. The van der Waals surface area contributed by atoms with Crippen molar-refractivity contribution in [1.29, 1.82) is 10.8 Å². The summed E-state index contributed by atoms with van der Waals surface area (Å²) in [7, 11) is 3.52. The Morgan fingerprint density at radius 1 is 0.741 bits per heavy atom. The Balaban J connectivity index is 3.17. The summed E-state index contributed by atoms with van der Waals surface area (Å²) in [5.41, 5.74) is 0. The summed E-state index contributed by atoms with van der Waals surface area (Å²) in [6.07, 6.45) is 19.0. The second kappa shape index (κ2) is 19.5. The van der Waals surface area contributed by atoms with E-state index < -0.39 is 0 Å². The average molecular weight is 384 g/mol. The topological polar surface area (TPSA) is 84.2 Å². The first kappa shape index (κ1) is 25.7. The number of ether oxygens (including phenoxy) is 1. The van der Waals surface area contributed by atoms with Crippen molar-refractivity contribution in [2.75, 3.05) is 27.4 Å². The quantitative estimate of drug-likeness (QED) is 0.122. The van der Waals surface area contributed by atoms with Crippen LogP contribution in [0.25, 0.3) is 0 Å².